The van der Waals surface area contributed by atoms with Crippen LogP contribution >= 0.6 is 0 Å². The topological polar surface area (TPSA) is 52.6 Å². The molecule has 0 saturated carbocycles. The predicted molar refractivity (Wildman–Crippen MR) is 60.9 cm³/mol. The van der Waals surface area contributed by atoms with Crippen molar-refractivity contribution in [1.29, 1.82) is 0 Å². The van der Waals surface area contributed by atoms with Crippen LogP contribution < -0.4 is 0 Å². The summed E-state index contributed by atoms with van der Waals surface area (Å²) in [4.78, 5) is 21.9. The molecule has 0 heterocycles. The zero-order valence-corrected chi connectivity index (χ0v) is 10.0. The van der Waals surface area contributed by atoms with Crippen molar-refractivity contribution in [3.8, 4) is 0 Å². The van der Waals surface area contributed by atoms with E-state index in [-0.39, 0.29) is 12.1 Å². The second kappa shape index (κ2) is 8.95. The summed E-state index contributed by atoms with van der Waals surface area (Å²) in [7, 11) is 0. The lowest BCUT2D eigenvalue weighted by Crippen LogP contribution is -2.13. The number of unbranched alkanes of at least 4 members (excludes halogenated alkanes) is 1. The number of carbonyl (C=O) groups is 2. The van der Waals surface area contributed by atoms with Crippen LogP contribution in [-0.4, -0.2) is 24.6 Å². The maximum absolute atomic E-state index is 11.2. The van der Waals surface area contributed by atoms with Gasteiger partial charge in [-0.3, -0.25) is 4.79 Å². The largest absolute Gasteiger partial charge is 0.463 e. The Morgan fingerprint density at radius 1 is 1.38 bits per heavy atom. The molecule has 0 spiro atoms. The average Bonchev–Trinajstić information content (AvgIpc) is 2.27. The van der Waals surface area contributed by atoms with Gasteiger partial charge in [0.05, 0.1) is 12.7 Å². The molecule has 0 aromatic rings. The lowest BCUT2D eigenvalue weighted by molar-refractivity contribution is -0.148. The van der Waals surface area contributed by atoms with Crippen LogP contribution in [0.3, 0.4) is 0 Å². The Morgan fingerprint density at radius 3 is 2.62 bits per heavy atom. The van der Waals surface area contributed by atoms with E-state index in [1.165, 1.54) is 0 Å². The van der Waals surface area contributed by atoms with E-state index in [4.69, 9.17) is 9.47 Å². The number of ether oxygens (including phenoxy) is 2. The fraction of sp³-hybridized carbons (Fsp3) is 0.667. The lowest BCUT2D eigenvalue weighted by atomic mass is 10.2. The number of carbonyl (C=O) groups excluding carboxylic acids is 2. The lowest BCUT2D eigenvalue weighted by Gasteiger charge is -2.10. The molecule has 0 fully saturated rings. The number of rotatable bonds is 8. The van der Waals surface area contributed by atoms with Gasteiger partial charge in [0.25, 0.3) is 0 Å². The summed E-state index contributed by atoms with van der Waals surface area (Å²) in [6.07, 6.45) is 3.62. The molecule has 1 atom stereocenters. The summed E-state index contributed by atoms with van der Waals surface area (Å²) in [5, 5.41) is 0. The van der Waals surface area contributed by atoms with E-state index < -0.39 is 5.97 Å². The number of esters is 2. The Bertz CT molecular complexity index is 235. The van der Waals surface area contributed by atoms with Crippen molar-refractivity contribution >= 4 is 11.9 Å². The summed E-state index contributed by atoms with van der Waals surface area (Å²) in [5.74, 6) is -0.619. The fourth-order valence-electron chi connectivity index (χ4n) is 0.970. The molecule has 0 aromatic carbocycles. The average molecular weight is 228 g/mol. The summed E-state index contributed by atoms with van der Waals surface area (Å²) in [6, 6.07) is 0. The first-order valence-electron chi connectivity index (χ1n) is 5.58. The molecule has 4 heteroatoms. The van der Waals surface area contributed by atoms with Crippen LogP contribution in [0.4, 0.5) is 0 Å². The van der Waals surface area contributed by atoms with Crippen LogP contribution in [0.25, 0.3) is 0 Å². The van der Waals surface area contributed by atoms with Gasteiger partial charge in [0.15, 0.2) is 0 Å². The molecule has 0 aliphatic heterocycles. The summed E-state index contributed by atoms with van der Waals surface area (Å²) in [6.45, 7) is 7.43. The molecule has 0 bridgehead atoms. The Morgan fingerprint density at radius 2 is 2.06 bits per heavy atom. The van der Waals surface area contributed by atoms with Crippen LogP contribution in [0.15, 0.2) is 12.7 Å². The van der Waals surface area contributed by atoms with Gasteiger partial charge in [-0.1, -0.05) is 13.5 Å². The van der Waals surface area contributed by atoms with Crippen molar-refractivity contribution in [3.63, 3.8) is 0 Å². The maximum atomic E-state index is 11.2. The zero-order chi connectivity index (χ0) is 12.4. The minimum Gasteiger partial charge on any atom is -0.463 e. The Balaban J connectivity index is 3.41. The summed E-state index contributed by atoms with van der Waals surface area (Å²) in [5.41, 5.74) is 0. The van der Waals surface area contributed by atoms with Crippen LogP contribution in [-0.2, 0) is 19.1 Å². The van der Waals surface area contributed by atoms with E-state index >= 15 is 0 Å². The highest BCUT2D eigenvalue weighted by Crippen LogP contribution is 2.03. The Kier molecular flexibility index (Phi) is 8.21. The second-order valence-corrected chi connectivity index (χ2v) is 3.54. The van der Waals surface area contributed by atoms with Crippen LogP contribution in [0.5, 0.6) is 0 Å². The molecule has 0 saturated heterocycles. The van der Waals surface area contributed by atoms with E-state index in [1.807, 2.05) is 13.8 Å². The minimum atomic E-state index is -0.429. The van der Waals surface area contributed by atoms with Gasteiger partial charge in [-0.2, -0.15) is 0 Å². The number of hydrogen-bond donors (Lipinski definition) is 0. The van der Waals surface area contributed by atoms with Gasteiger partial charge in [0, 0.05) is 12.5 Å². The molecule has 0 aliphatic rings. The molecule has 1 unspecified atom stereocenters. The third-order valence-electron chi connectivity index (χ3n) is 2.09. The molecule has 0 aromatic heterocycles. The minimum absolute atomic E-state index is 0.0221. The van der Waals surface area contributed by atoms with Crippen molar-refractivity contribution in [3.05, 3.63) is 12.7 Å². The zero-order valence-electron chi connectivity index (χ0n) is 10.0. The van der Waals surface area contributed by atoms with Crippen molar-refractivity contribution in [2.75, 3.05) is 6.61 Å². The molecule has 0 N–H and O–H groups in total. The van der Waals surface area contributed by atoms with Gasteiger partial charge in [-0.25, -0.2) is 4.79 Å². The van der Waals surface area contributed by atoms with E-state index in [0.29, 0.717) is 25.9 Å². The Hall–Kier alpha value is -1.32. The van der Waals surface area contributed by atoms with Gasteiger partial charge in [-0.15, -0.1) is 0 Å². The fourth-order valence-corrected chi connectivity index (χ4v) is 0.970. The smallest absolute Gasteiger partial charge is 0.330 e. The summed E-state index contributed by atoms with van der Waals surface area (Å²) < 4.78 is 9.85. The molecular weight excluding hydrogens is 208 g/mol. The van der Waals surface area contributed by atoms with Gasteiger partial charge in [0.1, 0.15) is 0 Å². The Labute approximate surface area is 96.6 Å². The molecule has 0 rings (SSSR count). The van der Waals surface area contributed by atoms with Crippen molar-refractivity contribution in [2.45, 2.75) is 45.6 Å². The molecular formula is C12H20O4. The molecule has 4 nitrogen and oxygen atoms in total. The molecule has 0 amide bonds. The van der Waals surface area contributed by atoms with E-state index in [2.05, 4.69) is 6.58 Å². The first kappa shape index (κ1) is 14.7. The van der Waals surface area contributed by atoms with Gasteiger partial charge >= 0.3 is 11.9 Å². The molecule has 92 valence electrons. The quantitative estimate of drug-likeness (QED) is 0.363. The van der Waals surface area contributed by atoms with Gasteiger partial charge in [0.2, 0.25) is 0 Å². The predicted octanol–water partition coefficient (Wildman–Crippen LogP) is 2.23. The van der Waals surface area contributed by atoms with E-state index in [0.717, 1.165) is 12.5 Å². The molecule has 0 aliphatic carbocycles. The third-order valence-corrected chi connectivity index (χ3v) is 2.09. The van der Waals surface area contributed by atoms with Crippen LogP contribution in [0.1, 0.15) is 39.5 Å². The second-order valence-electron chi connectivity index (χ2n) is 3.54. The van der Waals surface area contributed by atoms with E-state index in [1.54, 1.807) is 0 Å². The van der Waals surface area contributed by atoms with Crippen molar-refractivity contribution in [2.24, 2.45) is 0 Å². The van der Waals surface area contributed by atoms with Gasteiger partial charge < -0.3 is 9.47 Å². The van der Waals surface area contributed by atoms with Crippen LogP contribution in [0, 0.1) is 0 Å². The molecule has 0 radical (unpaired) electrons. The highest BCUT2D eigenvalue weighted by molar-refractivity contribution is 5.81. The SMILES string of the molecule is C=CC(=O)OCCCCC(=O)OC(C)CC. The standard InChI is InChI=1S/C12H20O4/c1-4-10(3)16-12(14)8-6-7-9-15-11(13)5-2/h5,10H,2,4,6-9H2,1,3H3. The summed E-state index contributed by atoms with van der Waals surface area (Å²) >= 11 is 0. The number of hydrogen-bond acceptors (Lipinski definition) is 4. The monoisotopic (exact) mass is 228 g/mol. The molecule has 16 heavy (non-hydrogen) atoms. The van der Waals surface area contributed by atoms with Crippen LogP contribution in [0.2, 0.25) is 0 Å². The van der Waals surface area contributed by atoms with Crippen molar-refractivity contribution < 1.29 is 19.1 Å². The first-order chi connectivity index (χ1) is 7.60. The highest BCUT2D eigenvalue weighted by Gasteiger charge is 2.07. The van der Waals surface area contributed by atoms with Crippen molar-refractivity contribution in [1.82, 2.24) is 0 Å². The first-order valence-corrected chi connectivity index (χ1v) is 5.58. The van der Waals surface area contributed by atoms with E-state index in [9.17, 15) is 9.59 Å². The normalized spacial score (nSPS) is 11.6. The van der Waals surface area contributed by atoms with Gasteiger partial charge in [-0.05, 0) is 26.2 Å². The third kappa shape index (κ3) is 8.03. The maximum Gasteiger partial charge on any atom is 0.330 e. The highest BCUT2D eigenvalue weighted by atomic mass is 16.5.